The molecule has 0 spiro atoms. The Morgan fingerprint density at radius 2 is 1.89 bits per heavy atom. The van der Waals surface area contributed by atoms with Crippen LogP contribution in [0.1, 0.15) is 24.5 Å². The Bertz CT molecular complexity index is 760. The molecule has 2 rings (SSSR count). The van der Waals surface area contributed by atoms with Gasteiger partial charge in [-0.2, -0.15) is 5.10 Å². The molecule has 0 aliphatic heterocycles. The highest BCUT2D eigenvalue weighted by Crippen LogP contribution is 2.30. The number of nitrogens with zero attached hydrogens (tertiary/aromatic N) is 1. The highest BCUT2D eigenvalue weighted by molar-refractivity contribution is 5.86. The number of primary amides is 1. The molecule has 0 unspecified atom stereocenters. The highest BCUT2D eigenvalue weighted by Gasteiger charge is 2.09. The van der Waals surface area contributed by atoms with E-state index in [1.54, 1.807) is 25.3 Å². The fraction of sp³-hybridized carbons (Fsp3) is 0.300. The number of carbonyl (C=O) groups excluding carboxylic acids is 1. The number of nitrogens with two attached hydrogens (primary N) is 1. The van der Waals surface area contributed by atoms with E-state index in [1.165, 1.54) is 11.8 Å². The molecule has 2 aromatic rings. The van der Waals surface area contributed by atoms with Crippen molar-refractivity contribution >= 4 is 12.2 Å². The Hall–Kier alpha value is -3.22. The third kappa shape index (κ3) is 6.54. The minimum absolute atomic E-state index is 0.442. The van der Waals surface area contributed by atoms with Gasteiger partial charge in [-0.1, -0.05) is 25.1 Å². The summed E-state index contributed by atoms with van der Waals surface area (Å²) < 4.78 is 16.9. The van der Waals surface area contributed by atoms with Gasteiger partial charge < -0.3 is 19.9 Å². The van der Waals surface area contributed by atoms with E-state index in [9.17, 15) is 4.79 Å². The molecule has 144 valence electrons. The van der Waals surface area contributed by atoms with E-state index in [-0.39, 0.29) is 0 Å². The minimum Gasteiger partial charge on any atom is -0.493 e. The summed E-state index contributed by atoms with van der Waals surface area (Å²) in [5.74, 6) is 1.96. The van der Waals surface area contributed by atoms with Crippen LogP contribution < -0.4 is 25.4 Å². The highest BCUT2D eigenvalue weighted by atomic mass is 16.5. The number of hydrogen-bond acceptors (Lipinski definition) is 5. The number of carbonyl (C=O) groups is 1. The van der Waals surface area contributed by atoms with Crippen molar-refractivity contribution in [1.29, 1.82) is 0 Å². The Morgan fingerprint density at radius 3 is 2.56 bits per heavy atom. The van der Waals surface area contributed by atoms with Gasteiger partial charge in [0.15, 0.2) is 11.5 Å². The van der Waals surface area contributed by atoms with Crippen molar-refractivity contribution in [3.05, 3.63) is 53.6 Å². The molecule has 2 aromatic carbocycles. The summed E-state index contributed by atoms with van der Waals surface area (Å²) in [4.78, 5) is 10.7. The standard InChI is InChI=1S/C20H25N3O4/c1-3-15-8-10-17(11-9-15)26-12-5-13-27-19-16(14-22-23-20(21)24)6-4-7-18(19)25-2/h4,6-11,14H,3,5,12-13H2,1-2H3,(H3,21,23,24)/b22-14+. The van der Waals surface area contributed by atoms with Gasteiger partial charge in [0.2, 0.25) is 0 Å². The van der Waals surface area contributed by atoms with Crippen LogP contribution in [-0.4, -0.2) is 32.6 Å². The normalized spacial score (nSPS) is 10.6. The van der Waals surface area contributed by atoms with E-state index >= 15 is 0 Å². The molecule has 0 atom stereocenters. The maximum atomic E-state index is 10.7. The van der Waals surface area contributed by atoms with Crippen LogP contribution in [-0.2, 0) is 6.42 Å². The van der Waals surface area contributed by atoms with Gasteiger partial charge >= 0.3 is 6.03 Å². The summed E-state index contributed by atoms with van der Waals surface area (Å²) in [5.41, 5.74) is 9.09. The number of aryl methyl sites for hydroxylation is 1. The smallest absolute Gasteiger partial charge is 0.332 e. The third-order valence-corrected chi connectivity index (χ3v) is 3.74. The second-order valence-corrected chi connectivity index (χ2v) is 5.66. The van der Waals surface area contributed by atoms with Crippen molar-refractivity contribution in [2.75, 3.05) is 20.3 Å². The van der Waals surface area contributed by atoms with Crippen molar-refractivity contribution in [2.45, 2.75) is 19.8 Å². The van der Waals surface area contributed by atoms with Gasteiger partial charge in [0.1, 0.15) is 5.75 Å². The number of methoxy groups -OCH3 is 1. The first-order chi connectivity index (χ1) is 13.1. The molecule has 7 heteroatoms. The van der Waals surface area contributed by atoms with E-state index in [0.29, 0.717) is 36.7 Å². The lowest BCUT2D eigenvalue weighted by Crippen LogP contribution is -2.24. The van der Waals surface area contributed by atoms with Crippen molar-refractivity contribution in [3.8, 4) is 17.2 Å². The number of nitrogens with one attached hydrogen (secondary N) is 1. The van der Waals surface area contributed by atoms with Crippen molar-refractivity contribution in [2.24, 2.45) is 10.8 Å². The lowest BCUT2D eigenvalue weighted by molar-refractivity contribution is 0.240. The van der Waals surface area contributed by atoms with Crippen LogP contribution in [0.2, 0.25) is 0 Å². The fourth-order valence-corrected chi connectivity index (χ4v) is 2.36. The molecule has 27 heavy (non-hydrogen) atoms. The SMILES string of the molecule is CCc1ccc(OCCCOc2c(/C=N/NC(N)=O)cccc2OC)cc1. The van der Waals surface area contributed by atoms with Crippen LogP contribution in [0.4, 0.5) is 4.79 Å². The molecule has 3 N–H and O–H groups in total. The third-order valence-electron chi connectivity index (χ3n) is 3.74. The average molecular weight is 371 g/mol. The number of benzene rings is 2. The molecule has 0 saturated heterocycles. The van der Waals surface area contributed by atoms with Crippen LogP contribution >= 0.6 is 0 Å². The summed E-state index contributed by atoms with van der Waals surface area (Å²) in [5, 5.41) is 3.77. The lowest BCUT2D eigenvalue weighted by atomic mass is 10.2. The number of para-hydroxylation sites is 1. The van der Waals surface area contributed by atoms with E-state index in [0.717, 1.165) is 12.2 Å². The fourth-order valence-electron chi connectivity index (χ4n) is 2.36. The average Bonchev–Trinajstić information content (AvgIpc) is 2.68. The van der Waals surface area contributed by atoms with Crippen molar-refractivity contribution in [3.63, 3.8) is 0 Å². The van der Waals surface area contributed by atoms with Gasteiger partial charge in [-0.15, -0.1) is 0 Å². The number of ether oxygens (including phenoxy) is 3. The van der Waals surface area contributed by atoms with Gasteiger partial charge in [0.25, 0.3) is 0 Å². The molecular formula is C20H25N3O4. The van der Waals surface area contributed by atoms with E-state index in [2.05, 4.69) is 29.6 Å². The summed E-state index contributed by atoms with van der Waals surface area (Å²) in [7, 11) is 1.56. The van der Waals surface area contributed by atoms with E-state index in [1.807, 2.05) is 12.1 Å². The predicted octanol–water partition coefficient (Wildman–Crippen LogP) is 3.11. The molecule has 0 radical (unpaired) electrons. The molecule has 0 heterocycles. The van der Waals surface area contributed by atoms with Crippen LogP contribution in [0.5, 0.6) is 17.2 Å². The van der Waals surface area contributed by atoms with Crippen LogP contribution in [0.3, 0.4) is 0 Å². The molecule has 0 bridgehead atoms. The van der Waals surface area contributed by atoms with Crippen LogP contribution in [0.25, 0.3) is 0 Å². The van der Waals surface area contributed by atoms with Gasteiger partial charge in [0.05, 0.1) is 26.5 Å². The van der Waals surface area contributed by atoms with Gasteiger partial charge in [-0.05, 0) is 36.2 Å². The Morgan fingerprint density at radius 1 is 1.15 bits per heavy atom. The summed E-state index contributed by atoms with van der Waals surface area (Å²) >= 11 is 0. The van der Waals surface area contributed by atoms with Gasteiger partial charge in [-0.25, -0.2) is 10.2 Å². The van der Waals surface area contributed by atoms with Crippen LogP contribution in [0.15, 0.2) is 47.6 Å². The van der Waals surface area contributed by atoms with E-state index in [4.69, 9.17) is 19.9 Å². The molecule has 0 aliphatic rings. The predicted molar refractivity (Wildman–Crippen MR) is 105 cm³/mol. The Balaban J connectivity index is 1.88. The number of rotatable bonds is 10. The number of amides is 2. The molecule has 0 aromatic heterocycles. The topological polar surface area (TPSA) is 95.2 Å². The van der Waals surface area contributed by atoms with Gasteiger partial charge in [-0.3, -0.25) is 0 Å². The first-order valence-corrected chi connectivity index (χ1v) is 8.74. The Labute approximate surface area is 159 Å². The zero-order chi connectivity index (χ0) is 19.5. The Kier molecular flexibility index (Phi) is 7.96. The summed E-state index contributed by atoms with van der Waals surface area (Å²) in [6.07, 6.45) is 3.16. The summed E-state index contributed by atoms with van der Waals surface area (Å²) in [6.45, 7) is 3.10. The monoisotopic (exact) mass is 371 g/mol. The van der Waals surface area contributed by atoms with Crippen molar-refractivity contribution in [1.82, 2.24) is 5.43 Å². The first kappa shape index (κ1) is 20.1. The zero-order valence-corrected chi connectivity index (χ0v) is 15.6. The zero-order valence-electron chi connectivity index (χ0n) is 15.6. The minimum atomic E-state index is -0.735. The van der Waals surface area contributed by atoms with Crippen LogP contribution in [0, 0.1) is 0 Å². The molecule has 0 aliphatic carbocycles. The second kappa shape index (κ2) is 10.7. The quantitative estimate of drug-likeness (QED) is 0.381. The molecule has 7 nitrogen and oxygen atoms in total. The maximum Gasteiger partial charge on any atom is 0.332 e. The van der Waals surface area contributed by atoms with Gasteiger partial charge in [0, 0.05) is 12.0 Å². The first-order valence-electron chi connectivity index (χ1n) is 8.74. The van der Waals surface area contributed by atoms with E-state index < -0.39 is 6.03 Å². The molecule has 0 saturated carbocycles. The summed E-state index contributed by atoms with van der Waals surface area (Å²) in [6, 6.07) is 12.7. The van der Waals surface area contributed by atoms with Crippen molar-refractivity contribution < 1.29 is 19.0 Å². The molecule has 0 fully saturated rings. The molecular weight excluding hydrogens is 346 g/mol. The molecule has 2 amide bonds. The maximum absolute atomic E-state index is 10.7. The lowest BCUT2D eigenvalue weighted by Gasteiger charge is -2.13. The largest absolute Gasteiger partial charge is 0.493 e. The number of hydrogen-bond donors (Lipinski definition) is 2. The number of urea groups is 1. The number of hydrazone groups is 1. The second-order valence-electron chi connectivity index (χ2n) is 5.66.